The van der Waals surface area contributed by atoms with Crippen LogP contribution >= 0.6 is 0 Å². The number of carbonyl (C=O) groups is 1. The Bertz CT molecular complexity index is 658. The summed E-state index contributed by atoms with van der Waals surface area (Å²) in [4.78, 5) is 20.3. The Morgan fingerprint density at radius 2 is 2.10 bits per heavy atom. The average molecular weight is 288 g/mol. The molecule has 0 unspecified atom stereocenters. The molecule has 0 bridgehead atoms. The Labute approximate surface area is 122 Å². The van der Waals surface area contributed by atoms with Crippen molar-refractivity contribution >= 4 is 17.4 Å². The highest BCUT2D eigenvalue weighted by molar-refractivity contribution is 6.04. The van der Waals surface area contributed by atoms with Crippen molar-refractivity contribution < 1.29 is 9.18 Å². The van der Waals surface area contributed by atoms with Gasteiger partial charge in [-0.1, -0.05) is 13.8 Å². The van der Waals surface area contributed by atoms with Gasteiger partial charge in [0, 0.05) is 24.5 Å². The molecule has 0 fully saturated rings. The van der Waals surface area contributed by atoms with Crippen LogP contribution in [0.3, 0.4) is 0 Å². The molecule has 0 aromatic carbocycles. The number of hydrogen-bond acceptors (Lipinski definition) is 4. The van der Waals surface area contributed by atoms with Gasteiger partial charge in [0.25, 0.3) is 5.91 Å². The molecule has 0 spiro atoms. The molecule has 2 rings (SSSR count). The zero-order valence-electron chi connectivity index (χ0n) is 12.1. The molecular formula is C15H17FN4O. The van der Waals surface area contributed by atoms with Crippen molar-refractivity contribution in [3.63, 3.8) is 0 Å². The largest absolute Gasteiger partial charge is 0.373 e. The van der Waals surface area contributed by atoms with Crippen molar-refractivity contribution in [2.24, 2.45) is 0 Å². The molecule has 2 heterocycles. The van der Waals surface area contributed by atoms with Crippen LogP contribution in [0.1, 0.15) is 35.8 Å². The SMILES string of the molecule is CNc1cc(C(=O)Nc2ccncc2F)cc(C(C)C)n1. The van der Waals surface area contributed by atoms with E-state index in [2.05, 4.69) is 20.6 Å². The number of pyridine rings is 2. The molecule has 0 aliphatic heterocycles. The van der Waals surface area contributed by atoms with E-state index >= 15 is 0 Å². The molecule has 5 nitrogen and oxygen atoms in total. The van der Waals surface area contributed by atoms with E-state index < -0.39 is 5.82 Å². The van der Waals surface area contributed by atoms with E-state index in [0.29, 0.717) is 11.4 Å². The van der Waals surface area contributed by atoms with E-state index in [9.17, 15) is 9.18 Å². The second-order valence-electron chi connectivity index (χ2n) is 4.88. The predicted molar refractivity (Wildman–Crippen MR) is 80.0 cm³/mol. The van der Waals surface area contributed by atoms with Gasteiger partial charge in [-0.15, -0.1) is 0 Å². The van der Waals surface area contributed by atoms with E-state index in [-0.39, 0.29) is 17.5 Å². The molecule has 1 amide bonds. The van der Waals surface area contributed by atoms with Crippen molar-refractivity contribution in [3.8, 4) is 0 Å². The van der Waals surface area contributed by atoms with E-state index in [4.69, 9.17) is 0 Å². The van der Waals surface area contributed by atoms with Gasteiger partial charge in [0.15, 0.2) is 5.82 Å². The maximum absolute atomic E-state index is 13.5. The Morgan fingerprint density at radius 1 is 1.33 bits per heavy atom. The number of nitrogens with one attached hydrogen (secondary N) is 2. The van der Waals surface area contributed by atoms with E-state index in [1.807, 2.05) is 13.8 Å². The van der Waals surface area contributed by atoms with E-state index in [1.54, 1.807) is 19.2 Å². The number of carbonyl (C=O) groups excluding carboxylic acids is 1. The number of aromatic nitrogens is 2. The van der Waals surface area contributed by atoms with Crippen LogP contribution < -0.4 is 10.6 Å². The van der Waals surface area contributed by atoms with Crippen molar-refractivity contribution in [1.29, 1.82) is 0 Å². The van der Waals surface area contributed by atoms with Gasteiger partial charge in [-0.3, -0.25) is 9.78 Å². The minimum atomic E-state index is -0.571. The number of rotatable bonds is 4. The number of halogens is 1. The molecule has 0 atom stereocenters. The summed E-state index contributed by atoms with van der Waals surface area (Å²) in [6.45, 7) is 3.98. The topological polar surface area (TPSA) is 66.9 Å². The lowest BCUT2D eigenvalue weighted by molar-refractivity contribution is 0.102. The summed E-state index contributed by atoms with van der Waals surface area (Å²) in [6, 6.07) is 4.75. The quantitative estimate of drug-likeness (QED) is 0.907. The molecule has 0 radical (unpaired) electrons. The molecular weight excluding hydrogens is 271 g/mol. The summed E-state index contributed by atoms with van der Waals surface area (Å²) in [7, 11) is 1.73. The molecule has 0 aliphatic rings. The maximum atomic E-state index is 13.5. The summed E-state index contributed by atoms with van der Waals surface area (Å²) < 4.78 is 13.5. The standard InChI is InChI=1S/C15H17FN4O/c1-9(2)13-6-10(7-14(17-3)19-13)15(21)20-12-4-5-18-8-11(12)16/h4-9H,1-3H3,(H,17,19)(H,18,20,21). The third-order valence-electron chi connectivity index (χ3n) is 2.98. The first-order valence-electron chi connectivity index (χ1n) is 6.62. The smallest absolute Gasteiger partial charge is 0.255 e. The predicted octanol–water partition coefficient (Wildman–Crippen LogP) is 3.03. The number of hydrogen-bond donors (Lipinski definition) is 2. The van der Waals surface area contributed by atoms with Gasteiger partial charge < -0.3 is 10.6 Å². The molecule has 2 aromatic heterocycles. The average Bonchev–Trinajstić information content (AvgIpc) is 2.49. The lowest BCUT2D eigenvalue weighted by atomic mass is 10.1. The van der Waals surface area contributed by atoms with Gasteiger partial charge in [0.05, 0.1) is 11.9 Å². The summed E-state index contributed by atoms with van der Waals surface area (Å²) in [5.74, 6) is -0.178. The van der Waals surface area contributed by atoms with Crippen LogP contribution in [0.15, 0.2) is 30.6 Å². The third-order valence-corrected chi connectivity index (χ3v) is 2.98. The highest BCUT2D eigenvalue weighted by Gasteiger charge is 2.13. The fourth-order valence-electron chi connectivity index (χ4n) is 1.78. The highest BCUT2D eigenvalue weighted by atomic mass is 19.1. The van der Waals surface area contributed by atoms with Crippen LogP contribution in [0.5, 0.6) is 0 Å². The number of amides is 1. The zero-order chi connectivity index (χ0) is 15.4. The Hall–Kier alpha value is -2.50. The van der Waals surface area contributed by atoms with Gasteiger partial charge in [0.1, 0.15) is 5.82 Å². The van der Waals surface area contributed by atoms with Gasteiger partial charge >= 0.3 is 0 Å². The summed E-state index contributed by atoms with van der Waals surface area (Å²) >= 11 is 0. The highest BCUT2D eigenvalue weighted by Crippen LogP contribution is 2.19. The van der Waals surface area contributed by atoms with Crippen LogP contribution in [-0.4, -0.2) is 22.9 Å². The maximum Gasteiger partial charge on any atom is 0.255 e. The monoisotopic (exact) mass is 288 g/mol. The van der Waals surface area contributed by atoms with Gasteiger partial charge in [-0.25, -0.2) is 9.37 Å². The van der Waals surface area contributed by atoms with Gasteiger partial charge in [0.2, 0.25) is 0 Å². The summed E-state index contributed by atoms with van der Waals surface area (Å²) in [6.07, 6.45) is 2.48. The van der Waals surface area contributed by atoms with Crippen LogP contribution in [0.2, 0.25) is 0 Å². The molecule has 2 N–H and O–H groups in total. The first kappa shape index (κ1) is 14.9. The second-order valence-corrected chi connectivity index (χ2v) is 4.88. The number of nitrogens with zero attached hydrogens (tertiary/aromatic N) is 2. The van der Waals surface area contributed by atoms with Crippen LogP contribution in [0, 0.1) is 5.82 Å². The lowest BCUT2D eigenvalue weighted by Crippen LogP contribution is -2.14. The molecule has 0 saturated heterocycles. The first-order chi connectivity index (χ1) is 10.0. The van der Waals surface area contributed by atoms with Crippen molar-refractivity contribution in [2.45, 2.75) is 19.8 Å². The van der Waals surface area contributed by atoms with Crippen LogP contribution in [0.25, 0.3) is 0 Å². The minimum Gasteiger partial charge on any atom is -0.373 e. The summed E-state index contributed by atoms with van der Waals surface area (Å²) in [5, 5.41) is 5.45. The van der Waals surface area contributed by atoms with Crippen molar-refractivity contribution in [1.82, 2.24) is 9.97 Å². The Morgan fingerprint density at radius 3 is 2.71 bits per heavy atom. The second kappa shape index (κ2) is 6.30. The molecule has 0 aliphatic carbocycles. The number of anilines is 2. The van der Waals surface area contributed by atoms with Crippen molar-refractivity contribution in [2.75, 3.05) is 17.7 Å². The van der Waals surface area contributed by atoms with Gasteiger partial charge in [-0.05, 0) is 24.1 Å². The molecule has 21 heavy (non-hydrogen) atoms. The lowest BCUT2D eigenvalue weighted by Gasteiger charge is -2.11. The van der Waals surface area contributed by atoms with Crippen LogP contribution in [-0.2, 0) is 0 Å². The van der Waals surface area contributed by atoms with E-state index in [1.165, 1.54) is 12.3 Å². The zero-order valence-corrected chi connectivity index (χ0v) is 12.1. The molecule has 0 saturated carbocycles. The van der Waals surface area contributed by atoms with Crippen molar-refractivity contribution in [3.05, 3.63) is 47.7 Å². The Kier molecular flexibility index (Phi) is 4.47. The summed E-state index contributed by atoms with van der Waals surface area (Å²) in [5.41, 5.74) is 1.32. The molecule has 2 aromatic rings. The first-order valence-corrected chi connectivity index (χ1v) is 6.62. The molecule has 110 valence electrons. The minimum absolute atomic E-state index is 0.101. The van der Waals surface area contributed by atoms with Gasteiger partial charge in [-0.2, -0.15) is 0 Å². The molecule has 6 heteroatoms. The Balaban J connectivity index is 2.30. The van der Waals surface area contributed by atoms with Crippen LogP contribution in [0.4, 0.5) is 15.9 Å². The third kappa shape index (κ3) is 3.53. The van der Waals surface area contributed by atoms with E-state index in [0.717, 1.165) is 11.9 Å². The normalized spacial score (nSPS) is 10.5. The fourth-order valence-corrected chi connectivity index (χ4v) is 1.78. The fraction of sp³-hybridized carbons (Fsp3) is 0.267.